The van der Waals surface area contributed by atoms with Gasteiger partial charge < -0.3 is 5.32 Å². The molecule has 128 valence electrons. The van der Waals surface area contributed by atoms with Gasteiger partial charge in [0.1, 0.15) is 5.82 Å². The molecule has 2 amide bonds. The summed E-state index contributed by atoms with van der Waals surface area (Å²) in [7, 11) is 0. The molecule has 3 aromatic rings. The molecule has 0 saturated heterocycles. The van der Waals surface area contributed by atoms with Crippen LogP contribution in [-0.2, 0) is 6.54 Å². The van der Waals surface area contributed by atoms with E-state index in [9.17, 15) is 4.79 Å². The maximum Gasteiger partial charge on any atom is 0.320 e. The second-order valence-corrected chi connectivity index (χ2v) is 6.58. The number of benzene rings is 1. The van der Waals surface area contributed by atoms with Crippen LogP contribution in [0.1, 0.15) is 31.4 Å². The molecule has 0 bridgehead atoms. The third-order valence-corrected chi connectivity index (χ3v) is 4.72. The van der Waals surface area contributed by atoms with Crippen molar-refractivity contribution in [2.75, 3.05) is 5.32 Å². The molecule has 4 rings (SSSR count). The minimum atomic E-state index is -0.226. The number of hydrogen-bond acceptors (Lipinski definition) is 3. The zero-order valence-corrected chi connectivity index (χ0v) is 14.1. The minimum Gasteiger partial charge on any atom is -0.334 e. The topological polar surface area (TPSA) is 71.8 Å². The van der Waals surface area contributed by atoms with Crippen molar-refractivity contribution in [1.29, 1.82) is 0 Å². The fraction of sp³-hybridized carbons (Fsp3) is 0.316. The van der Waals surface area contributed by atoms with Gasteiger partial charge in [0.2, 0.25) is 0 Å². The molecule has 1 aliphatic rings. The third-order valence-electron chi connectivity index (χ3n) is 4.72. The second-order valence-electron chi connectivity index (χ2n) is 6.58. The number of fused-ring (bicyclic) bond motifs is 1. The van der Waals surface area contributed by atoms with Crippen LogP contribution >= 0.6 is 0 Å². The Hall–Kier alpha value is -2.89. The first kappa shape index (κ1) is 15.6. The van der Waals surface area contributed by atoms with Crippen molar-refractivity contribution in [3.63, 3.8) is 0 Å². The largest absolute Gasteiger partial charge is 0.334 e. The number of nitrogens with zero attached hydrogens (tertiary/aromatic N) is 3. The Bertz CT molecular complexity index is 899. The summed E-state index contributed by atoms with van der Waals surface area (Å²) in [6.45, 7) is 2.61. The van der Waals surface area contributed by atoms with Gasteiger partial charge in [0, 0.05) is 24.2 Å². The molecule has 1 aromatic carbocycles. The van der Waals surface area contributed by atoms with E-state index in [2.05, 4.69) is 27.6 Å². The Morgan fingerprint density at radius 2 is 2.16 bits per heavy atom. The maximum atomic E-state index is 12.2. The lowest BCUT2D eigenvalue weighted by atomic mass is 10.1. The minimum absolute atomic E-state index is 0.226. The predicted octanol–water partition coefficient (Wildman–Crippen LogP) is 3.72. The summed E-state index contributed by atoms with van der Waals surface area (Å²) in [6, 6.07) is 11.8. The first-order chi connectivity index (χ1) is 12.2. The average molecular weight is 335 g/mol. The van der Waals surface area contributed by atoms with E-state index < -0.39 is 0 Å². The molecule has 2 aromatic heterocycles. The summed E-state index contributed by atoms with van der Waals surface area (Å²) >= 11 is 0. The van der Waals surface area contributed by atoms with Gasteiger partial charge in [-0.15, -0.1) is 0 Å². The first-order valence-corrected chi connectivity index (χ1v) is 8.63. The van der Waals surface area contributed by atoms with Gasteiger partial charge in [-0.05, 0) is 49.4 Å². The Morgan fingerprint density at radius 3 is 3.00 bits per heavy atom. The summed E-state index contributed by atoms with van der Waals surface area (Å²) < 4.78 is 1.90. The molecule has 6 heteroatoms. The fourth-order valence-electron chi connectivity index (χ4n) is 3.09. The van der Waals surface area contributed by atoms with E-state index in [1.54, 1.807) is 12.4 Å². The number of carbonyl (C=O) groups is 1. The number of anilines is 1. The summed E-state index contributed by atoms with van der Waals surface area (Å²) in [5, 5.41) is 11.2. The third kappa shape index (κ3) is 3.47. The molecule has 0 unspecified atom stereocenters. The molecule has 0 spiro atoms. The number of rotatable bonds is 5. The van der Waals surface area contributed by atoms with Crippen LogP contribution in [0.25, 0.3) is 10.9 Å². The van der Waals surface area contributed by atoms with E-state index in [1.807, 2.05) is 41.1 Å². The molecular formula is C19H21N5O. The van der Waals surface area contributed by atoms with Crippen molar-refractivity contribution in [2.24, 2.45) is 5.92 Å². The highest BCUT2D eigenvalue weighted by molar-refractivity contribution is 5.88. The van der Waals surface area contributed by atoms with Gasteiger partial charge >= 0.3 is 6.03 Å². The van der Waals surface area contributed by atoms with E-state index >= 15 is 0 Å². The van der Waals surface area contributed by atoms with Crippen LogP contribution in [0, 0.1) is 5.92 Å². The number of nitrogens with one attached hydrogen (secondary N) is 2. The van der Waals surface area contributed by atoms with Crippen molar-refractivity contribution < 1.29 is 4.79 Å². The van der Waals surface area contributed by atoms with E-state index in [-0.39, 0.29) is 6.03 Å². The molecule has 25 heavy (non-hydrogen) atoms. The van der Waals surface area contributed by atoms with E-state index in [1.165, 1.54) is 12.8 Å². The molecule has 2 N–H and O–H groups in total. The smallest absolute Gasteiger partial charge is 0.320 e. The van der Waals surface area contributed by atoms with Crippen LogP contribution in [0.3, 0.4) is 0 Å². The van der Waals surface area contributed by atoms with E-state index in [4.69, 9.17) is 0 Å². The monoisotopic (exact) mass is 335 g/mol. The number of carbonyl (C=O) groups excluding carboxylic acids is 1. The number of pyridine rings is 1. The maximum absolute atomic E-state index is 12.2. The number of urea groups is 1. The number of amides is 2. The molecule has 1 fully saturated rings. The lowest BCUT2D eigenvalue weighted by Gasteiger charge is -2.15. The Labute approximate surface area is 146 Å². The molecule has 1 saturated carbocycles. The lowest BCUT2D eigenvalue weighted by Crippen LogP contribution is -2.29. The molecule has 2 heterocycles. The summed E-state index contributed by atoms with van der Waals surface area (Å²) in [5.74, 6) is 1.41. The lowest BCUT2D eigenvalue weighted by molar-refractivity contribution is 0.251. The van der Waals surface area contributed by atoms with Gasteiger partial charge in [0.25, 0.3) is 0 Å². The molecule has 6 nitrogen and oxygen atoms in total. The fourth-order valence-corrected chi connectivity index (χ4v) is 3.09. The average Bonchev–Trinajstić information content (AvgIpc) is 3.39. The number of aromatic nitrogens is 3. The van der Waals surface area contributed by atoms with Crippen molar-refractivity contribution in [3.8, 4) is 0 Å². The molecule has 0 aliphatic heterocycles. The standard InChI is InChI=1S/C19H21N5O/c1-13(15-5-6-15)24-18(8-10-22-24)23-19(25)21-12-14-4-7-17-16(11-14)3-2-9-20-17/h2-4,7-11,13,15H,5-6,12H2,1H3,(H2,21,23,25)/t13-/m1/s1. The van der Waals surface area contributed by atoms with Crippen molar-refractivity contribution in [1.82, 2.24) is 20.1 Å². The van der Waals surface area contributed by atoms with Crippen LogP contribution < -0.4 is 10.6 Å². The zero-order valence-electron chi connectivity index (χ0n) is 14.1. The van der Waals surface area contributed by atoms with E-state index in [0.29, 0.717) is 18.5 Å². The van der Waals surface area contributed by atoms with Crippen molar-refractivity contribution in [3.05, 3.63) is 54.4 Å². The number of hydrogen-bond donors (Lipinski definition) is 2. The summed E-state index contributed by atoms with van der Waals surface area (Å²) in [5.41, 5.74) is 1.99. The molecule has 0 radical (unpaired) electrons. The van der Waals surface area contributed by atoms with Crippen molar-refractivity contribution in [2.45, 2.75) is 32.4 Å². The summed E-state index contributed by atoms with van der Waals surface area (Å²) in [4.78, 5) is 16.5. The van der Waals surface area contributed by atoms with Crippen LogP contribution in [0.2, 0.25) is 0 Å². The Balaban J connectivity index is 1.38. The highest BCUT2D eigenvalue weighted by atomic mass is 16.2. The van der Waals surface area contributed by atoms with Crippen LogP contribution in [-0.4, -0.2) is 20.8 Å². The van der Waals surface area contributed by atoms with Gasteiger partial charge in [-0.25, -0.2) is 9.48 Å². The zero-order chi connectivity index (χ0) is 17.2. The first-order valence-electron chi connectivity index (χ1n) is 8.63. The van der Waals surface area contributed by atoms with E-state index in [0.717, 1.165) is 22.3 Å². The van der Waals surface area contributed by atoms with Gasteiger partial charge in [-0.3, -0.25) is 10.3 Å². The highest BCUT2D eigenvalue weighted by Gasteiger charge is 2.30. The van der Waals surface area contributed by atoms with Crippen molar-refractivity contribution >= 4 is 22.8 Å². The normalized spacial score (nSPS) is 15.1. The molecule has 1 aliphatic carbocycles. The van der Waals surface area contributed by atoms with Crippen LogP contribution in [0.5, 0.6) is 0 Å². The van der Waals surface area contributed by atoms with Gasteiger partial charge in [-0.1, -0.05) is 12.1 Å². The SMILES string of the molecule is C[C@H](C1CC1)n1nccc1NC(=O)NCc1ccc2ncccc2c1. The Morgan fingerprint density at radius 1 is 1.28 bits per heavy atom. The van der Waals surface area contributed by atoms with Gasteiger partial charge in [-0.2, -0.15) is 5.10 Å². The van der Waals surface area contributed by atoms with Gasteiger partial charge in [0.05, 0.1) is 17.8 Å². The van der Waals surface area contributed by atoms with Crippen LogP contribution in [0.4, 0.5) is 10.6 Å². The molecule has 1 atom stereocenters. The predicted molar refractivity (Wildman–Crippen MR) is 97.3 cm³/mol. The second kappa shape index (κ2) is 6.55. The van der Waals surface area contributed by atoms with Gasteiger partial charge in [0.15, 0.2) is 0 Å². The molecular weight excluding hydrogens is 314 g/mol. The Kier molecular flexibility index (Phi) is 4.09. The highest BCUT2D eigenvalue weighted by Crippen LogP contribution is 2.40. The van der Waals surface area contributed by atoms with Crippen LogP contribution in [0.15, 0.2) is 48.8 Å². The quantitative estimate of drug-likeness (QED) is 0.746. The summed E-state index contributed by atoms with van der Waals surface area (Å²) in [6.07, 6.45) is 5.98.